The molecule has 0 fully saturated rings. The van der Waals surface area contributed by atoms with E-state index in [9.17, 15) is 14.4 Å². The molecular formula is C13H15IN2O4. The molecule has 20 heavy (non-hydrogen) atoms. The Labute approximate surface area is 130 Å². The maximum atomic E-state index is 11.6. The number of hydrogen-bond donors (Lipinski definition) is 3. The van der Waals surface area contributed by atoms with Gasteiger partial charge < -0.3 is 10.4 Å². The Bertz CT molecular complexity index is 543. The van der Waals surface area contributed by atoms with Gasteiger partial charge in [-0.2, -0.15) is 0 Å². The standard InChI is InChI=1S/C13H15IN2O4/c1-13(2,11(18)19)7-10(17)16-12(20)15-9-5-3-4-8(14)6-9/h3-6H,7H2,1-2H3,(H,18,19)(H2,15,16,17,20). The summed E-state index contributed by atoms with van der Waals surface area (Å²) in [5.74, 6) is -1.73. The Morgan fingerprint density at radius 1 is 1.30 bits per heavy atom. The molecule has 1 aromatic carbocycles. The van der Waals surface area contributed by atoms with Gasteiger partial charge in [0.1, 0.15) is 0 Å². The van der Waals surface area contributed by atoms with Gasteiger partial charge in [0.2, 0.25) is 5.91 Å². The molecule has 0 saturated heterocycles. The third-order valence-corrected chi connectivity index (χ3v) is 3.19. The zero-order valence-electron chi connectivity index (χ0n) is 11.1. The van der Waals surface area contributed by atoms with Gasteiger partial charge in [0, 0.05) is 15.7 Å². The molecule has 1 aromatic rings. The monoisotopic (exact) mass is 390 g/mol. The highest BCUT2D eigenvalue weighted by molar-refractivity contribution is 14.1. The Balaban J connectivity index is 2.55. The van der Waals surface area contributed by atoms with Crippen LogP contribution in [0.3, 0.4) is 0 Å². The topological polar surface area (TPSA) is 95.5 Å². The number of aliphatic carboxylic acids is 1. The summed E-state index contributed by atoms with van der Waals surface area (Å²) in [6, 6.07) is 6.38. The molecule has 0 aliphatic carbocycles. The fraction of sp³-hybridized carbons (Fsp3) is 0.308. The van der Waals surface area contributed by atoms with E-state index in [4.69, 9.17) is 5.11 Å². The van der Waals surface area contributed by atoms with Crippen LogP contribution < -0.4 is 10.6 Å². The summed E-state index contributed by atoms with van der Waals surface area (Å²) in [7, 11) is 0. The first kappa shape index (κ1) is 16.4. The van der Waals surface area contributed by atoms with E-state index in [0.29, 0.717) is 5.69 Å². The van der Waals surface area contributed by atoms with Gasteiger partial charge in [-0.15, -0.1) is 0 Å². The second kappa shape index (κ2) is 6.69. The maximum absolute atomic E-state index is 11.6. The zero-order valence-corrected chi connectivity index (χ0v) is 13.2. The molecule has 0 spiro atoms. The third-order valence-electron chi connectivity index (χ3n) is 2.52. The van der Waals surface area contributed by atoms with Crippen molar-refractivity contribution in [2.24, 2.45) is 5.41 Å². The lowest BCUT2D eigenvalue weighted by atomic mass is 9.89. The number of nitrogens with one attached hydrogen (secondary N) is 2. The normalized spacial score (nSPS) is 10.8. The van der Waals surface area contributed by atoms with Crippen LogP contribution in [0.25, 0.3) is 0 Å². The summed E-state index contributed by atoms with van der Waals surface area (Å²) < 4.78 is 0.943. The summed E-state index contributed by atoms with van der Waals surface area (Å²) >= 11 is 2.10. The molecule has 0 aliphatic heterocycles. The molecule has 3 amide bonds. The van der Waals surface area contributed by atoms with Crippen LogP contribution in [-0.4, -0.2) is 23.0 Å². The number of amides is 3. The van der Waals surface area contributed by atoms with Gasteiger partial charge in [0.15, 0.2) is 0 Å². The lowest BCUT2D eigenvalue weighted by molar-refractivity contribution is -0.149. The van der Waals surface area contributed by atoms with E-state index in [2.05, 4.69) is 33.2 Å². The molecule has 6 nitrogen and oxygen atoms in total. The Kier molecular flexibility index (Phi) is 5.49. The van der Waals surface area contributed by atoms with Gasteiger partial charge in [0.05, 0.1) is 5.41 Å². The van der Waals surface area contributed by atoms with Gasteiger partial charge in [0.25, 0.3) is 0 Å². The van der Waals surface area contributed by atoms with E-state index < -0.39 is 23.3 Å². The second-order valence-electron chi connectivity index (χ2n) is 4.88. The maximum Gasteiger partial charge on any atom is 0.325 e. The van der Waals surface area contributed by atoms with E-state index >= 15 is 0 Å². The first-order valence-electron chi connectivity index (χ1n) is 5.80. The highest BCUT2D eigenvalue weighted by Crippen LogP contribution is 2.20. The number of imide groups is 1. The number of rotatable bonds is 4. The van der Waals surface area contributed by atoms with Crippen molar-refractivity contribution in [2.75, 3.05) is 5.32 Å². The van der Waals surface area contributed by atoms with Crippen LogP contribution in [0.4, 0.5) is 10.5 Å². The van der Waals surface area contributed by atoms with E-state index in [1.807, 2.05) is 6.07 Å². The van der Waals surface area contributed by atoms with Gasteiger partial charge >= 0.3 is 12.0 Å². The minimum atomic E-state index is -1.22. The summed E-state index contributed by atoms with van der Waals surface area (Å²) in [5.41, 5.74) is -0.661. The average molecular weight is 390 g/mol. The van der Waals surface area contributed by atoms with Crippen molar-refractivity contribution in [1.29, 1.82) is 0 Å². The summed E-state index contributed by atoms with van der Waals surface area (Å²) in [6.07, 6.45) is -0.276. The van der Waals surface area contributed by atoms with Crippen LogP contribution >= 0.6 is 22.6 Å². The number of halogens is 1. The molecule has 0 heterocycles. The highest BCUT2D eigenvalue weighted by Gasteiger charge is 2.30. The van der Waals surface area contributed by atoms with Crippen molar-refractivity contribution in [1.82, 2.24) is 5.32 Å². The van der Waals surface area contributed by atoms with Crippen LogP contribution in [-0.2, 0) is 9.59 Å². The van der Waals surface area contributed by atoms with Gasteiger partial charge in [-0.3, -0.25) is 14.9 Å². The Morgan fingerprint density at radius 3 is 2.50 bits per heavy atom. The lowest BCUT2D eigenvalue weighted by Crippen LogP contribution is -2.38. The van der Waals surface area contributed by atoms with Crippen molar-refractivity contribution < 1.29 is 19.5 Å². The van der Waals surface area contributed by atoms with Crippen LogP contribution in [0, 0.1) is 8.99 Å². The summed E-state index contributed by atoms with van der Waals surface area (Å²) in [5, 5.41) is 13.5. The fourth-order valence-corrected chi connectivity index (χ4v) is 1.92. The predicted octanol–water partition coefficient (Wildman–Crippen LogP) is 2.44. The van der Waals surface area contributed by atoms with E-state index in [0.717, 1.165) is 3.57 Å². The second-order valence-corrected chi connectivity index (χ2v) is 6.12. The number of benzene rings is 1. The molecule has 0 unspecified atom stereocenters. The first-order chi connectivity index (χ1) is 9.20. The number of carbonyl (C=O) groups excluding carboxylic acids is 2. The molecule has 0 saturated carbocycles. The number of anilines is 1. The largest absolute Gasteiger partial charge is 0.481 e. The fourth-order valence-electron chi connectivity index (χ4n) is 1.38. The molecule has 0 aromatic heterocycles. The van der Waals surface area contributed by atoms with Gasteiger partial charge in [-0.1, -0.05) is 6.07 Å². The number of hydrogen-bond acceptors (Lipinski definition) is 3. The summed E-state index contributed by atoms with van der Waals surface area (Å²) in [6.45, 7) is 2.85. The molecule has 7 heteroatoms. The van der Waals surface area contributed by atoms with Crippen LogP contribution in [0.2, 0.25) is 0 Å². The van der Waals surface area contributed by atoms with Crippen molar-refractivity contribution >= 4 is 46.2 Å². The highest BCUT2D eigenvalue weighted by atomic mass is 127. The molecule has 108 valence electrons. The van der Waals surface area contributed by atoms with Crippen molar-refractivity contribution in [3.8, 4) is 0 Å². The lowest BCUT2D eigenvalue weighted by Gasteiger charge is -2.17. The van der Waals surface area contributed by atoms with Crippen LogP contribution in [0.5, 0.6) is 0 Å². The quantitative estimate of drug-likeness (QED) is 0.689. The number of carbonyl (C=O) groups is 3. The minimum absolute atomic E-state index is 0.276. The molecule has 0 bridgehead atoms. The van der Waals surface area contributed by atoms with Crippen molar-refractivity contribution in [3.05, 3.63) is 27.8 Å². The first-order valence-corrected chi connectivity index (χ1v) is 6.88. The molecule has 0 radical (unpaired) electrons. The third kappa shape index (κ3) is 5.16. The average Bonchev–Trinajstić information content (AvgIpc) is 2.26. The van der Waals surface area contributed by atoms with Gasteiger partial charge in [-0.25, -0.2) is 4.79 Å². The smallest absolute Gasteiger partial charge is 0.325 e. The molecule has 0 aliphatic rings. The van der Waals surface area contributed by atoms with Crippen molar-refractivity contribution in [3.63, 3.8) is 0 Å². The van der Waals surface area contributed by atoms with Crippen molar-refractivity contribution in [2.45, 2.75) is 20.3 Å². The van der Waals surface area contributed by atoms with E-state index in [-0.39, 0.29) is 6.42 Å². The predicted molar refractivity (Wildman–Crippen MR) is 82.4 cm³/mol. The van der Waals surface area contributed by atoms with E-state index in [1.54, 1.807) is 18.2 Å². The van der Waals surface area contributed by atoms with Crippen LogP contribution in [0.15, 0.2) is 24.3 Å². The number of urea groups is 1. The van der Waals surface area contributed by atoms with Crippen LogP contribution in [0.1, 0.15) is 20.3 Å². The zero-order chi connectivity index (χ0) is 15.3. The summed E-state index contributed by atoms with van der Waals surface area (Å²) in [4.78, 5) is 34.1. The Hall–Kier alpha value is -1.64. The number of carboxylic acids is 1. The minimum Gasteiger partial charge on any atom is -0.481 e. The SMILES string of the molecule is CC(C)(CC(=O)NC(=O)Nc1cccc(I)c1)C(=O)O. The molecule has 0 atom stereocenters. The Morgan fingerprint density at radius 2 is 1.95 bits per heavy atom. The molecular weight excluding hydrogens is 375 g/mol. The number of carboxylic acid groups (broad SMARTS) is 1. The molecule has 1 rings (SSSR count). The van der Waals surface area contributed by atoms with E-state index in [1.165, 1.54) is 13.8 Å². The van der Waals surface area contributed by atoms with Gasteiger partial charge in [-0.05, 0) is 54.6 Å². The molecule has 3 N–H and O–H groups in total.